The maximum Gasteiger partial charge on any atom is 0.260 e. The minimum Gasteiger partial charge on any atom is -0.484 e. The van der Waals surface area contributed by atoms with E-state index in [1.165, 1.54) is 18.4 Å². The summed E-state index contributed by atoms with van der Waals surface area (Å²) in [5, 5.41) is 0. The number of ether oxygens (including phenoxy) is 1. The van der Waals surface area contributed by atoms with E-state index in [1.54, 1.807) is 0 Å². The van der Waals surface area contributed by atoms with E-state index < -0.39 is 0 Å². The van der Waals surface area contributed by atoms with E-state index in [-0.39, 0.29) is 12.5 Å². The Balaban J connectivity index is 1.36. The average Bonchev–Trinajstić information content (AvgIpc) is 3.57. The highest BCUT2D eigenvalue weighted by Gasteiger charge is 2.27. The van der Waals surface area contributed by atoms with Gasteiger partial charge in [0.15, 0.2) is 6.61 Å². The number of nitrogens with zero attached hydrogens (tertiary/aromatic N) is 1. The maximum absolute atomic E-state index is 12.8. The monoisotopic (exact) mass is 371 g/mol. The second-order valence-electron chi connectivity index (χ2n) is 7.38. The van der Waals surface area contributed by atoms with Crippen LogP contribution < -0.4 is 4.74 Å². The molecule has 0 spiro atoms. The summed E-state index contributed by atoms with van der Waals surface area (Å²) < 4.78 is 5.79. The van der Waals surface area contributed by atoms with Crippen LogP contribution in [0.4, 0.5) is 0 Å². The molecule has 1 fully saturated rings. The van der Waals surface area contributed by atoms with Crippen molar-refractivity contribution < 1.29 is 9.53 Å². The van der Waals surface area contributed by atoms with Crippen molar-refractivity contribution in [2.45, 2.75) is 19.4 Å². The number of carbonyl (C=O) groups is 1. The van der Waals surface area contributed by atoms with E-state index in [0.29, 0.717) is 12.5 Å². The fourth-order valence-corrected chi connectivity index (χ4v) is 3.28. The van der Waals surface area contributed by atoms with Gasteiger partial charge in [-0.15, -0.1) is 0 Å². The predicted octanol–water partition coefficient (Wildman–Crippen LogP) is 5.17. The van der Waals surface area contributed by atoms with Crippen LogP contribution in [0.15, 0.2) is 84.9 Å². The van der Waals surface area contributed by atoms with Crippen molar-refractivity contribution in [1.82, 2.24) is 4.90 Å². The molecule has 1 amide bonds. The van der Waals surface area contributed by atoms with E-state index in [0.717, 1.165) is 23.4 Å². The van der Waals surface area contributed by atoms with Crippen LogP contribution in [0.3, 0.4) is 0 Å². The SMILES string of the molecule is O=C(COc1ccc(-c2ccccc2)cc1)N(Cc1ccccc1)CC1CC1. The van der Waals surface area contributed by atoms with Gasteiger partial charge in [0.05, 0.1) is 0 Å². The summed E-state index contributed by atoms with van der Waals surface area (Å²) in [6, 6.07) is 28.3. The molecule has 3 heteroatoms. The summed E-state index contributed by atoms with van der Waals surface area (Å²) >= 11 is 0. The number of carbonyl (C=O) groups excluding carboxylic acids is 1. The normalized spacial score (nSPS) is 13.1. The molecule has 0 atom stereocenters. The van der Waals surface area contributed by atoms with Crippen LogP contribution in [0, 0.1) is 5.92 Å². The Morgan fingerprint density at radius 3 is 2.07 bits per heavy atom. The summed E-state index contributed by atoms with van der Waals surface area (Å²) in [6.07, 6.45) is 2.45. The highest BCUT2D eigenvalue weighted by molar-refractivity contribution is 5.78. The van der Waals surface area contributed by atoms with Crippen molar-refractivity contribution in [3.63, 3.8) is 0 Å². The molecule has 0 aliphatic heterocycles. The van der Waals surface area contributed by atoms with Crippen molar-refractivity contribution in [2.75, 3.05) is 13.2 Å². The molecule has 0 heterocycles. The predicted molar refractivity (Wildman–Crippen MR) is 112 cm³/mol. The molecule has 0 N–H and O–H groups in total. The Morgan fingerprint density at radius 1 is 0.821 bits per heavy atom. The Morgan fingerprint density at radius 2 is 1.43 bits per heavy atom. The van der Waals surface area contributed by atoms with Gasteiger partial charge in [-0.05, 0) is 47.6 Å². The summed E-state index contributed by atoms with van der Waals surface area (Å²) in [5.74, 6) is 1.42. The zero-order chi connectivity index (χ0) is 19.2. The van der Waals surface area contributed by atoms with Gasteiger partial charge in [0, 0.05) is 13.1 Å². The van der Waals surface area contributed by atoms with Crippen molar-refractivity contribution in [1.29, 1.82) is 0 Å². The number of rotatable bonds is 8. The van der Waals surface area contributed by atoms with E-state index in [2.05, 4.69) is 24.3 Å². The van der Waals surface area contributed by atoms with Crippen molar-refractivity contribution in [2.24, 2.45) is 5.92 Å². The second-order valence-corrected chi connectivity index (χ2v) is 7.38. The molecule has 1 saturated carbocycles. The fraction of sp³-hybridized carbons (Fsp3) is 0.240. The van der Waals surface area contributed by atoms with Gasteiger partial charge in [-0.25, -0.2) is 0 Å². The van der Waals surface area contributed by atoms with Crippen LogP contribution in [0.1, 0.15) is 18.4 Å². The third-order valence-electron chi connectivity index (χ3n) is 5.07. The Kier molecular flexibility index (Phi) is 5.72. The Bertz CT molecular complexity index is 887. The number of benzene rings is 3. The van der Waals surface area contributed by atoms with E-state index in [4.69, 9.17) is 4.74 Å². The molecule has 3 nitrogen and oxygen atoms in total. The lowest BCUT2D eigenvalue weighted by atomic mass is 10.1. The van der Waals surface area contributed by atoms with Crippen molar-refractivity contribution >= 4 is 5.91 Å². The molecule has 1 aliphatic carbocycles. The van der Waals surface area contributed by atoms with E-state index in [9.17, 15) is 4.79 Å². The first-order valence-electron chi connectivity index (χ1n) is 9.88. The molecule has 0 saturated heterocycles. The van der Waals surface area contributed by atoms with Crippen LogP contribution in [-0.4, -0.2) is 24.0 Å². The third kappa shape index (κ3) is 5.01. The number of amides is 1. The molecule has 3 aromatic rings. The molecule has 0 bridgehead atoms. The highest BCUT2D eigenvalue weighted by atomic mass is 16.5. The molecule has 142 valence electrons. The lowest BCUT2D eigenvalue weighted by Gasteiger charge is -2.23. The minimum atomic E-state index is 0.0443. The van der Waals surface area contributed by atoms with Gasteiger partial charge in [0.1, 0.15) is 5.75 Å². The molecular weight excluding hydrogens is 346 g/mol. The Hall–Kier alpha value is -3.07. The van der Waals surface area contributed by atoms with Crippen LogP contribution in [-0.2, 0) is 11.3 Å². The van der Waals surface area contributed by atoms with Gasteiger partial charge in [0.25, 0.3) is 5.91 Å². The molecule has 4 rings (SSSR count). The molecule has 28 heavy (non-hydrogen) atoms. The Labute approximate surface area is 166 Å². The quantitative estimate of drug-likeness (QED) is 0.547. The summed E-state index contributed by atoms with van der Waals surface area (Å²) in [4.78, 5) is 14.7. The molecular formula is C25H25NO2. The third-order valence-corrected chi connectivity index (χ3v) is 5.07. The van der Waals surface area contributed by atoms with E-state index in [1.807, 2.05) is 65.6 Å². The van der Waals surface area contributed by atoms with Gasteiger partial charge in [-0.2, -0.15) is 0 Å². The smallest absolute Gasteiger partial charge is 0.260 e. The van der Waals surface area contributed by atoms with Gasteiger partial charge in [-0.1, -0.05) is 72.8 Å². The molecule has 3 aromatic carbocycles. The fourth-order valence-electron chi connectivity index (χ4n) is 3.28. The van der Waals surface area contributed by atoms with Crippen molar-refractivity contribution in [3.8, 4) is 16.9 Å². The number of hydrogen-bond acceptors (Lipinski definition) is 2. The van der Waals surface area contributed by atoms with Gasteiger partial charge in [-0.3, -0.25) is 4.79 Å². The standard InChI is InChI=1S/C25H25NO2/c27-25(26(18-21-11-12-21)17-20-7-3-1-4-8-20)19-28-24-15-13-23(14-16-24)22-9-5-2-6-10-22/h1-10,13-16,21H,11-12,17-19H2. The van der Waals surface area contributed by atoms with Crippen LogP contribution in [0.5, 0.6) is 5.75 Å². The first-order chi connectivity index (χ1) is 13.8. The van der Waals surface area contributed by atoms with Crippen molar-refractivity contribution in [3.05, 3.63) is 90.5 Å². The molecule has 0 unspecified atom stereocenters. The lowest BCUT2D eigenvalue weighted by molar-refractivity contribution is -0.134. The summed E-state index contributed by atoms with van der Waals surface area (Å²) in [6.45, 7) is 1.54. The molecule has 0 radical (unpaired) electrons. The molecule has 1 aliphatic rings. The van der Waals surface area contributed by atoms with Gasteiger partial charge >= 0.3 is 0 Å². The summed E-state index contributed by atoms with van der Waals surface area (Å²) in [5.41, 5.74) is 3.46. The number of hydrogen-bond donors (Lipinski definition) is 0. The van der Waals surface area contributed by atoms with Crippen LogP contribution in [0.25, 0.3) is 11.1 Å². The second kappa shape index (κ2) is 8.75. The maximum atomic E-state index is 12.8. The van der Waals surface area contributed by atoms with E-state index >= 15 is 0 Å². The molecule has 0 aromatic heterocycles. The van der Waals surface area contributed by atoms with Gasteiger partial charge in [0.2, 0.25) is 0 Å². The first kappa shape index (κ1) is 18.3. The lowest BCUT2D eigenvalue weighted by Crippen LogP contribution is -2.36. The van der Waals surface area contributed by atoms with Gasteiger partial charge < -0.3 is 9.64 Å². The zero-order valence-electron chi connectivity index (χ0n) is 16.0. The van der Waals surface area contributed by atoms with Crippen LogP contribution in [0.2, 0.25) is 0 Å². The van der Waals surface area contributed by atoms with Crippen LogP contribution >= 0.6 is 0 Å². The summed E-state index contributed by atoms with van der Waals surface area (Å²) in [7, 11) is 0. The average molecular weight is 371 g/mol. The first-order valence-corrected chi connectivity index (χ1v) is 9.88. The highest BCUT2D eigenvalue weighted by Crippen LogP contribution is 2.30. The zero-order valence-corrected chi connectivity index (χ0v) is 16.0. The largest absolute Gasteiger partial charge is 0.484 e. The topological polar surface area (TPSA) is 29.5 Å². The minimum absolute atomic E-state index is 0.0443.